The lowest BCUT2D eigenvalue weighted by atomic mass is 10.3. The minimum atomic E-state index is 0.0128. The van der Waals surface area contributed by atoms with E-state index in [1.807, 2.05) is 13.8 Å². The summed E-state index contributed by atoms with van der Waals surface area (Å²) in [6.45, 7) is 5.31. The lowest BCUT2D eigenvalue weighted by Crippen LogP contribution is -2.03. The van der Waals surface area contributed by atoms with Gasteiger partial charge < -0.3 is 19.4 Å². The Balaban J connectivity index is 2.10. The molecular weight excluding hydrogens is 329 g/mol. The lowest BCUT2D eigenvalue weighted by Gasteiger charge is -2.10. The molecule has 1 N–H and O–H groups in total. The number of benzene rings is 1. The maximum atomic E-state index is 9.32. The van der Waals surface area contributed by atoms with Crippen molar-refractivity contribution in [1.29, 1.82) is 0 Å². The molecule has 1 aromatic rings. The van der Waals surface area contributed by atoms with Crippen molar-refractivity contribution in [3.8, 4) is 11.5 Å². The third-order valence-corrected chi connectivity index (χ3v) is 3.01. The normalized spacial score (nSPS) is 11.3. The first-order valence-electron chi connectivity index (χ1n) is 7.07. The van der Waals surface area contributed by atoms with Gasteiger partial charge in [0.25, 0.3) is 0 Å². The molecule has 0 saturated heterocycles. The highest BCUT2D eigenvalue weighted by atomic mass is 35.5. The molecule has 124 valence electrons. The monoisotopic (exact) mass is 349 g/mol. The molecule has 0 radical (unpaired) electrons. The van der Waals surface area contributed by atoms with Crippen LogP contribution in [0.3, 0.4) is 0 Å². The van der Waals surface area contributed by atoms with E-state index in [2.05, 4.69) is 5.16 Å². The highest BCUT2D eigenvalue weighted by molar-refractivity contribution is 6.37. The van der Waals surface area contributed by atoms with Crippen molar-refractivity contribution in [3.05, 3.63) is 22.2 Å². The highest BCUT2D eigenvalue weighted by Crippen LogP contribution is 2.36. The molecule has 0 saturated carbocycles. The summed E-state index contributed by atoms with van der Waals surface area (Å²) in [4.78, 5) is 4.99. The minimum Gasteiger partial charge on any atom is -0.508 e. The van der Waals surface area contributed by atoms with E-state index in [-0.39, 0.29) is 11.9 Å². The zero-order chi connectivity index (χ0) is 16.4. The summed E-state index contributed by atoms with van der Waals surface area (Å²) in [5.41, 5.74) is 0. The van der Waals surface area contributed by atoms with Gasteiger partial charge in [-0.25, -0.2) is 0 Å². The van der Waals surface area contributed by atoms with Crippen LogP contribution in [0.15, 0.2) is 17.3 Å². The largest absolute Gasteiger partial charge is 0.508 e. The van der Waals surface area contributed by atoms with Gasteiger partial charge in [-0.05, 0) is 26.7 Å². The van der Waals surface area contributed by atoms with Gasteiger partial charge in [0, 0.05) is 18.7 Å². The van der Waals surface area contributed by atoms with Crippen LogP contribution >= 0.6 is 23.2 Å². The molecule has 0 unspecified atom stereocenters. The number of rotatable bonds is 10. The summed E-state index contributed by atoms with van der Waals surface area (Å²) >= 11 is 11.9. The molecule has 0 aromatic heterocycles. The van der Waals surface area contributed by atoms with Crippen LogP contribution in [0, 0.1) is 0 Å². The fraction of sp³-hybridized carbons (Fsp3) is 0.533. The predicted octanol–water partition coefficient (Wildman–Crippen LogP) is 4.29. The summed E-state index contributed by atoms with van der Waals surface area (Å²) < 4.78 is 10.9. The minimum absolute atomic E-state index is 0.0128. The molecule has 1 rings (SSSR count). The van der Waals surface area contributed by atoms with Gasteiger partial charge in [0.05, 0.1) is 29.5 Å². The van der Waals surface area contributed by atoms with E-state index in [4.69, 9.17) is 37.5 Å². The molecule has 0 aliphatic carbocycles. The van der Waals surface area contributed by atoms with Crippen molar-refractivity contribution >= 4 is 29.4 Å². The Morgan fingerprint density at radius 1 is 1.18 bits per heavy atom. The summed E-state index contributed by atoms with van der Waals surface area (Å²) in [5, 5.41) is 13.7. The average molecular weight is 350 g/mol. The number of phenols is 1. The number of phenolic OH excluding ortho intramolecular Hbond substituents is 1. The van der Waals surface area contributed by atoms with Gasteiger partial charge in [0.1, 0.15) is 11.9 Å². The number of hydrogen-bond acceptors (Lipinski definition) is 5. The Labute approximate surface area is 140 Å². The number of hydrogen-bond donors (Lipinski definition) is 1. The highest BCUT2D eigenvalue weighted by Gasteiger charge is 2.09. The SMILES string of the molecule is CC(C)O/N=C/COCCCCOc1c(Cl)cc(O)cc1Cl. The molecule has 0 amide bonds. The average Bonchev–Trinajstić information content (AvgIpc) is 2.42. The first-order valence-corrected chi connectivity index (χ1v) is 7.82. The van der Waals surface area contributed by atoms with Gasteiger partial charge in [0.15, 0.2) is 5.75 Å². The number of nitrogens with zero attached hydrogens (tertiary/aromatic N) is 1. The lowest BCUT2D eigenvalue weighted by molar-refractivity contribution is 0.0839. The van der Waals surface area contributed by atoms with Gasteiger partial charge in [0.2, 0.25) is 0 Å². The van der Waals surface area contributed by atoms with Crippen molar-refractivity contribution in [2.45, 2.75) is 32.8 Å². The third kappa shape index (κ3) is 7.73. The van der Waals surface area contributed by atoms with Crippen molar-refractivity contribution < 1.29 is 19.4 Å². The van der Waals surface area contributed by atoms with Crippen LogP contribution in [-0.2, 0) is 9.57 Å². The molecule has 0 bridgehead atoms. The number of unbranched alkanes of at least 4 members (excludes halogenated alkanes) is 1. The summed E-state index contributed by atoms with van der Waals surface area (Å²) in [5.74, 6) is 0.402. The standard InChI is InChI=1S/C15H21Cl2NO4/c1-11(2)22-18-5-8-20-6-3-4-7-21-15-13(16)9-12(19)10-14(15)17/h5,9-11,19H,3-4,6-8H2,1-2H3/b18-5+. The number of oxime groups is 1. The Kier molecular flexibility index (Phi) is 9.04. The van der Waals surface area contributed by atoms with Crippen LogP contribution in [0.4, 0.5) is 0 Å². The molecule has 0 atom stereocenters. The smallest absolute Gasteiger partial charge is 0.156 e. The van der Waals surface area contributed by atoms with Gasteiger partial charge in [-0.1, -0.05) is 28.4 Å². The summed E-state index contributed by atoms with van der Waals surface area (Å²) in [7, 11) is 0. The Morgan fingerprint density at radius 3 is 2.45 bits per heavy atom. The summed E-state index contributed by atoms with van der Waals surface area (Å²) in [6.07, 6.45) is 3.30. The molecule has 0 heterocycles. The Bertz CT molecular complexity index is 458. The molecule has 0 spiro atoms. The van der Waals surface area contributed by atoms with Crippen LogP contribution < -0.4 is 4.74 Å². The fourth-order valence-corrected chi connectivity index (χ4v) is 2.08. The van der Waals surface area contributed by atoms with Crippen molar-refractivity contribution in [2.24, 2.45) is 5.16 Å². The van der Waals surface area contributed by atoms with Crippen molar-refractivity contribution in [2.75, 3.05) is 19.8 Å². The van der Waals surface area contributed by atoms with Crippen molar-refractivity contribution in [1.82, 2.24) is 0 Å². The van der Waals surface area contributed by atoms with Gasteiger partial charge in [-0.2, -0.15) is 0 Å². The zero-order valence-electron chi connectivity index (χ0n) is 12.7. The molecule has 0 aliphatic heterocycles. The van der Waals surface area contributed by atoms with Crippen LogP contribution in [0.1, 0.15) is 26.7 Å². The van der Waals surface area contributed by atoms with Gasteiger partial charge in [-0.15, -0.1) is 0 Å². The molecule has 22 heavy (non-hydrogen) atoms. The second-order valence-corrected chi connectivity index (χ2v) is 5.63. The van der Waals surface area contributed by atoms with E-state index < -0.39 is 0 Å². The van der Waals surface area contributed by atoms with E-state index >= 15 is 0 Å². The number of aromatic hydroxyl groups is 1. The topological polar surface area (TPSA) is 60.3 Å². The van der Waals surface area contributed by atoms with Crippen LogP contribution in [0.5, 0.6) is 11.5 Å². The maximum Gasteiger partial charge on any atom is 0.156 e. The number of ether oxygens (including phenoxy) is 2. The maximum absolute atomic E-state index is 9.32. The second-order valence-electron chi connectivity index (χ2n) is 4.81. The fourth-order valence-electron chi connectivity index (χ4n) is 1.50. The first kappa shape index (κ1) is 18.9. The Morgan fingerprint density at radius 2 is 1.82 bits per heavy atom. The van der Waals surface area contributed by atoms with E-state index in [0.717, 1.165) is 12.8 Å². The summed E-state index contributed by atoms with van der Waals surface area (Å²) in [6, 6.07) is 2.79. The van der Waals surface area contributed by atoms with E-state index in [1.165, 1.54) is 12.1 Å². The van der Waals surface area contributed by atoms with Gasteiger partial charge in [-0.3, -0.25) is 0 Å². The molecule has 0 fully saturated rings. The molecule has 7 heteroatoms. The molecule has 1 aromatic carbocycles. The van der Waals surface area contributed by atoms with Crippen LogP contribution in [0.25, 0.3) is 0 Å². The second kappa shape index (κ2) is 10.5. The van der Waals surface area contributed by atoms with E-state index in [9.17, 15) is 5.11 Å². The molecular formula is C15H21Cl2NO4. The quantitative estimate of drug-likeness (QED) is 0.389. The van der Waals surface area contributed by atoms with E-state index in [0.29, 0.717) is 35.6 Å². The van der Waals surface area contributed by atoms with Crippen LogP contribution in [-0.4, -0.2) is 37.2 Å². The third-order valence-electron chi connectivity index (χ3n) is 2.45. The first-order chi connectivity index (χ1) is 10.5. The van der Waals surface area contributed by atoms with Crippen molar-refractivity contribution in [3.63, 3.8) is 0 Å². The Hall–Kier alpha value is -1.17. The molecule has 5 nitrogen and oxygen atoms in total. The van der Waals surface area contributed by atoms with E-state index in [1.54, 1.807) is 6.21 Å². The predicted molar refractivity (Wildman–Crippen MR) is 88.4 cm³/mol. The van der Waals surface area contributed by atoms with Gasteiger partial charge >= 0.3 is 0 Å². The molecule has 0 aliphatic rings. The number of halogens is 2. The van der Waals surface area contributed by atoms with Crippen LogP contribution in [0.2, 0.25) is 10.0 Å². The zero-order valence-corrected chi connectivity index (χ0v) is 14.2.